The van der Waals surface area contributed by atoms with Gasteiger partial charge in [0.2, 0.25) is 11.8 Å². The third-order valence-electron chi connectivity index (χ3n) is 4.60. The first-order chi connectivity index (χ1) is 9.89. The molecule has 1 saturated carbocycles. The molecule has 0 aromatic heterocycles. The second kappa shape index (κ2) is 4.41. The number of benzene rings is 1. The van der Waals surface area contributed by atoms with Crippen molar-refractivity contribution in [2.45, 2.75) is 13.8 Å². The minimum Gasteiger partial charge on any atom is -0.496 e. The number of para-hydroxylation sites is 1. The van der Waals surface area contributed by atoms with E-state index in [0.29, 0.717) is 11.3 Å². The molecule has 21 heavy (non-hydrogen) atoms. The molecule has 5 nitrogen and oxygen atoms in total. The number of imide groups is 1. The van der Waals surface area contributed by atoms with E-state index in [0.717, 1.165) is 4.90 Å². The van der Waals surface area contributed by atoms with E-state index < -0.39 is 0 Å². The van der Waals surface area contributed by atoms with Gasteiger partial charge in [0.25, 0.3) is 0 Å². The van der Waals surface area contributed by atoms with Gasteiger partial charge in [0, 0.05) is 0 Å². The van der Waals surface area contributed by atoms with Crippen LogP contribution in [0.3, 0.4) is 0 Å². The lowest BCUT2D eigenvalue weighted by molar-refractivity contribution is -0.142. The first-order valence-corrected chi connectivity index (χ1v) is 6.91. The Morgan fingerprint density at radius 2 is 1.76 bits per heavy atom. The maximum atomic E-state index is 12.3. The summed E-state index contributed by atoms with van der Waals surface area (Å²) in [5.41, 5.74) is 0.137. The van der Waals surface area contributed by atoms with Gasteiger partial charge >= 0.3 is 0 Å². The zero-order chi connectivity index (χ0) is 15.4. The fourth-order valence-corrected chi connectivity index (χ4v) is 3.26. The van der Waals surface area contributed by atoms with E-state index in [1.54, 1.807) is 24.3 Å². The van der Waals surface area contributed by atoms with Gasteiger partial charge in [-0.3, -0.25) is 19.3 Å². The van der Waals surface area contributed by atoms with Crippen LogP contribution in [0.1, 0.15) is 24.2 Å². The van der Waals surface area contributed by atoms with Crippen molar-refractivity contribution in [1.82, 2.24) is 4.90 Å². The molecule has 0 bridgehead atoms. The number of piperidine rings is 1. The number of fused-ring (bicyclic) bond motifs is 1. The molecule has 1 aromatic carbocycles. The van der Waals surface area contributed by atoms with Crippen molar-refractivity contribution < 1.29 is 19.1 Å². The van der Waals surface area contributed by atoms with Gasteiger partial charge in [-0.25, -0.2) is 0 Å². The second-order valence-corrected chi connectivity index (χ2v) is 6.16. The molecule has 2 fully saturated rings. The van der Waals surface area contributed by atoms with Crippen LogP contribution in [0.4, 0.5) is 0 Å². The van der Waals surface area contributed by atoms with Crippen molar-refractivity contribution in [2.24, 2.45) is 17.3 Å². The van der Waals surface area contributed by atoms with Crippen LogP contribution >= 0.6 is 0 Å². The number of ether oxygens (including phenoxy) is 1. The molecule has 1 aliphatic carbocycles. The SMILES string of the molecule is COc1ccccc1C(=O)CN1C(=O)C2C(C1=O)C2(C)C. The van der Waals surface area contributed by atoms with Gasteiger partial charge in [0.1, 0.15) is 5.75 Å². The van der Waals surface area contributed by atoms with Crippen molar-refractivity contribution in [1.29, 1.82) is 0 Å². The summed E-state index contributed by atoms with van der Waals surface area (Å²) in [4.78, 5) is 37.9. The molecule has 0 spiro atoms. The predicted octanol–water partition coefficient (Wildman–Crippen LogP) is 1.52. The van der Waals surface area contributed by atoms with E-state index in [4.69, 9.17) is 4.74 Å². The Morgan fingerprint density at radius 1 is 1.19 bits per heavy atom. The Labute approximate surface area is 122 Å². The Balaban J connectivity index is 1.78. The van der Waals surface area contributed by atoms with Gasteiger partial charge < -0.3 is 4.74 Å². The molecular formula is C16H17NO4. The summed E-state index contributed by atoms with van der Waals surface area (Å²) in [6.07, 6.45) is 0. The highest BCUT2D eigenvalue weighted by Gasteiger charge is 2.72. The Hall–Kier alpha value is -2.17. The number of hydrogen-bond acceptors (Lipinski definition) is 4. The molecule has 2 amide bonds. The van der Waals surface area contributed by atoms with Crippen LogP contribution in [0.15, 0.2) is 24.3 Å². The number of carbonyl (C=O) groups excluding carboxylic acids is 3. The first kappa shape index (κ1) is 13.8. The highest BCUT2D eigenvalue weighted by Crippen LogP contribution is 2.63. The first-order valence-electron chi connectivity index (χ1n) is 6.91. The van der Waals surface area contributed by atoms with E-state index in [1.165, 1.54) is 7.11 Å². The van der Waals surface area contributed by atoms with E-state index in [9.17, 15) is 14.4 Å². The predicted molar refractivity (Wildman–Crippen MR) is 74.8 cm³/mol. The number of rotatable bonds is 4. The summed E-state index contributed by atoms with van der Waals surface area (Å²) in [7, 11) is 1.48. The van der Waals surface area contributed by atoms with Crippen molar-refractivity contribution in [3.63, 3.8) is 0 Å². The molecule has 1 heterocycles. The molecule has 2 unspecified atom stereocenters. The van der Waals surface area contributed by atoms with Crippen molar-refractivity contribution in [3.05, 3.63) is 29.8 Å². The van der Waals surface area contributed by atoms with Crippen LogP contribution in [-0.2, 0) is 9.59 Å². The molecule has 3 rings (SSSR count). The van der Waals surface area contributed by atoms with Crippen molar-refractivity contribution >= 4 is 17.6 Å². The number of ketones is 1. The lowest BCUT2D eigenvalue weighted by Crippen LogP contribution is -2.39. The van der Waals surface area contributed by atoms with E-state index in [1.807, 2.05) is 13.8 Å². The minimum absolute atomic E-state index is 0.207. The Bertz CT molecular complexity index is 625. The van der Waals surface area contributed by atoms with Gasteiger partial charge in [-0.15, -0.1) is 0 Å². The lowest BCUT2D eigenvalue weighted by Gasteiger charge is -2.20. The number of hydrogen-bond donors (Lipinski definition) is 0. The summed E-state index contributed by atoms with van der Waals surface area (Å²) < 4.78 is 5.14. The molecule has 2 aliphatic rings. The van der Waals surface area contributed by atoms with Gasteiger partial charge in [-0.2, -0.15) is 0 Å². The normalized spacial score (nSPS) is 25.8. The Morgan fingerprint density at radius 3 is 2.33 bits per heavy atom. The van der Waals surface area contributed by atoms with E-state index >= 15 is 0 Å². The van der Waals surface area contributed by atoms with Crippen molar-refractivity contribution in [3.8, 4) is 5.75 Å². The van der Waals surface area contributed by atoms with Crippen LogP contribution in [0.25, 0.3) is 0 Å². The fraction of sp³-hybridized carbons (Fsp3) is 0.438. The quantitative estimate of drug-likeness (QED) is 0.622. The number of methoxy groups -OCH3 is 1. The standard InChI is InChI=1S/C16H17NO4/c1-16(2)12-13(16)15(20)17(14(12)19)8-10(18)9-6-4-5-7-11(9)21-3/h4-7,12-13H,8H2,1-3H3. The summed E-state index contributed by atoms with van der Waals surface area (Å²) in [5.74, 6) is -0.789. The maximum absolute atomic E-state index is 12.3. The summed E-state index contributed by atoms with van der Waals surface area (Å²) in [6.45, 7) is 3.62. The number of nitrogens with zero attached hydrogens (tertiary/aromatic N) is 1. The van der Waals surface area contributed by atoms with E-state index in [2.05, 4.69) is 0 Å². The monoisotopic (exact) mass is 287 g/mol. The van der Waals surface area contributed by atoms with Crippen LogP contribution in [0.2, 0.25) is 0 Å². The number of Topliss-reactive ketones (excluding diaryl/α,β-unsaturated/α-hetero) is 1. The third-order valence-corrected chi connectivity index (χ3v) is 4.60. The molecule has 1 aliphatic heterocycles. The zero-order valence-corrected chi connectivity index (χ0v) is 12.3. The maximum Gasteiger partial charge on any atom is 0.234 e. The second-order valence-electron chi connectivity index (χ2n) is 6.16. The molecule has 1 saturated heterocycles. The minimum atomic E-state index is -0.284. The molecule has 110 valence electrons. The van der Waals surface area contributed by atoms with Gasteiger partial charge in [-0.05, 0) is 17.5 Å². The van der Waals surface area contributed by atoms with Crippen molar-refractivity contribution in [2.75, 3.05) is 13.7 Å². The lowest BCUT2D eigenvalue weighted by atomic mass is 10.0. The topological polar surface area (TPSA) is 63.7 Å². The highest BCUT2D eigenvalue weighted by molar-refractivity contribution is 6.13. The van der Waals surface area contributed by atoms with Crippen LogP contribution in [0.5, 0.6) is 5.75 Å². The van der Waals surface area contributed by atoms with E-state index in [-0.39, 0.29) is 41.4 Å². The highest BCUT2D eigenvalue weighted by atomic mass is 16.5. The van der Waals surface area contributed by atoms with Crippen LogP contribution in [-0.4, -0.2) is 36.2 Å². The van der Waals surface area contributed by atoms with Gasteiger partial charge in [-0.1, -0.05) is 26.0 Å². The summed E-state index contributed by atoms with van der Waals surface area (Å²) in [6, 6.07) is 6.81. The molecule has 0 N–H and O–H groups in total. The summed E-state index contributed by atoms with van der Waals surface area (Å²) in [5, 5.41) is 0. The number of likely N-dealkylation sites (tertiary alicyclic amines) is 1. The Kier molecular flexibility index (Phi) is 2.90. The summed E-state index contributed by atoms with van der Waals surface area (Å²) >= 11 is 0. The molecule has 2 atom stereocenters. The molecule has 1 aromatic rings. The smallest absolute Gasteiger partial charge is 0.234 e. The molecule has 5 heteroatoms. The molecule has 0 radical (unpaired) electrons. The van der Waals surface area contributed by atoms with Crippen LogP contribution in [0, 0.1) is 17.3 Å². The number of carbonyl (C=O) groups is 3. The van der Waals surface area contributed by atoms with Crippen LogP contribution < -0.4 is 4.74 Å². The fourth-order valence-electron chi connectivity index (χ4n) is 3.26. The largest absolute Gasteiger partial charge is 0.496 e. The third kappa shape index (κ3) is 1.87. The molecular weight excluding hydrogens is 270 g/mol. The zero-order valence-electron chi connectivity index (χ0n) is 12.3. The van der Waals surface area contributed by atoms with Gasteiger partial charge in [0.15, 0.2) is 5.78 Å². The average molecular weight is 287 g/mol. The average Bonchev–Trinajstić information content (AvgIpc) is 2.94. The number of amides is 2. The van der Waals surface area contributed by atoms with Gasteiger partial charge in [0.05, 0.1) is 31.1 Å².